The fourth-order valence-electron chi connectivity index (χ4n) is 2.21. The standard InChI is InChI=1S/C15H25N5O2S/c1-6-19(7-2)23(21,22)13-8-9-14-17-18-15(20(14)10-13)16-12(5)11(3)4/h8-12H,6-7H2,1-5H3,(H,16,18). The normalized spacial score (nSPS) is 13.9. The highest BCUT2D eigenvalue weighted by Crippen LogP contribution is 2.19. The zero-order valence-corrected chi connectivity index (χ0v) is 15.1. The van der Waals surface area contributed by atoms with Crippen LogP contribution in [-0.2, 0) is 10.0 Å². The Morgan fingerprint density at radius 1 is 1.17 bits per heavy atom. The molecule has 2 aromatic heterocycles. The van der Waals surface area contributed by atoms with E-state index in [0.29, 0.717) is 30.6 Å². The van der Waals surface area contributed by atoms with Crippen LogP contribution in [-0.4, -0.2) is 46.5 Å². The summed E-state index contributed by atoms with van der Waals surface area (Å²) in [6, 6.07) is 3.45. The zero-order valence-electron chi connectivity index (χ0n) is 14.3. The molecule has 0 saturated carbocycles. The number of anilines is 1. The number of aromatic nitrogens is 3. The van der Waals surface area contributed by atoms with Gasteiger partial charge in [0.05, 0.1) is 4.90 Å². The van der Waals surface area contributed by atoms with Gasteiger partial charge in [-0.25, -0.2) is 8.42 Å². The van der Waals surface area contributed by atoms with E-state index in [1.54, 1.807) is 22.7 Å². The van der Waals surface area contributed by atoms with E-state index in [9.17, 15) is 8.42 Å². The lowest BCUT2D eigenvalue weighted by molar-refractivity contribution is 0.445. The van der Waals surface area contributed by atoms with Crippen LogP contribution < -0.4 is 5.32 Å². The largest absolute Gasteiger partial charge is 0.351 e. The first-order valence-electron chi connectivity index (χ1n) is 7.92. The van der Waals surface area contributed by atoms with Gasteiger partial charge in [-0.3, -0.25) is 4.40 Å². The number of nitrogens with one attached hydrogen (secondary N) is 1. The first kappa shape index (κ1) is 17.7. The Morgan fingerprint density at radius 2 is 1.83 bits per heavy atom. The molecule has 0 aliphatic heterocycles. The molecule has 0 saturated heterocycles. The second-order valence-electron chi connectivity index (χ2n) is 5.88. The van der Waals surface area contributed by atoms with Crippen LogP contribution in [0.3, 0.4) is 0 Å². The number of hydrogen-bond acceptors (Lipinski definition) is 5. The highest BCUT2D eigenvalue weighted by atomic mass is 32.2. The van der Waals surface area contributed by atoms with Crippen molar-refractivity contribution in [1.82, 2.24) is 18.9 Å². The number of hydrogen-bond donors (Lipinski definition) is 1. The predicted octanol–water partition coefficient (Wildman–Crippen LogP) is 2.22. The Hall–Kier alpha value is -1.67. The van der Waals surface area contributed by atoms with Gasteiger partial charge in [-0.05, 0) is 25.0 Å². The minimum atomic E-state index is -3.50. The molecule has 1 N–H and O–H groups in total. The molecular formula is C15H25N5O2S. The van der Waals surface area contributed by atoms with Crippen LogP contribution in [0, 0.1) is 5.92 Å². The van der Waals surface area contributed by atoms with Gasteiger partial charge in [0.25, 0.3) is 0 Å². The van der Waals surface area contributed by atoms with Crippen molar-refractivity contribution in [3.05, 3.63) is 18.3 Å². The first-order chi connectivity index (χ1) is 10.8. The van der Waals surface area contributed by atoms with Crippen LogP contribution in [0.2, 0.25) is 0 Å². The Bertz CT molecular complexity index is 765. The van der Waals surface area contributed by atoms with E-state index in [2.05, 4.69) is 36.3 Å². The molecule has 7 nitrogen and oxygen atoms in total. The Balaban J connectivity index is 2.45. The summed E-state index contributed by atoms with van der Waals surface area (Å²) in [5.74, 6) is 0.975. The third kappa shape index (κ3) is 3.48. The molecule has 2 rings (SSSR count). The van der Waals surface area contributed by atoms with Crippen molar-refractivity contribution >= 4 is 21.6 Å². The summed E-state index contributed by atoms with van der Waals surface area (Å²) in [6.45, 7) is 10.8. The van der Waals surface area contributed by atoms with E-state index < -0.39 is 10.0 Å². The molecule has 0 aromatic carbocycles. The smallest absolute Gasteiger partial charge is 0.244 e. The van der Waals surface area contributed by atoms with Gasteiger partial charge >= 0.3 is 0 Å². The van der Waals surface area contributed by atoms with E-state index in [4.69, 9.17) is 0 Å². The Morgan fingerprint density at radius 3 is 2.39 bits per heavy atom. The summed E-state index contributed by atoms with van der Waals surface area (Å²) in [5, 5.41) is 11.5. The summed E-state index contributed by atoms with van der Waals surface area (Å²) >= 11 is 0. The van der Waals surface area contributed by atoms with Crippen molar-refractivity contribution < 1.29 is 8.42 Å². The highest BCUT2D eigenvalue weighted by Gasteiger charge is 2.23. The van der Waals surface area contributed by atoms with Gasteiger partial charge in [0.1, 0.15) is 0 Å². The Kier molecular flexibility index (Phi) is 5.26. The summed E-state index contributed by atoms with van der Waals surface area (Å²) in [4.78, 5) is 0.244. The molecule has 0 radical (unpaired) electrons. The summed E-state index contributed by atoms with van der Waals surface area (Å²) in [5.41, 5.74) is 0.613. The lowest BCUT2D eigenvalue weighted by Crippen LogP contribution is -2.30. The fourth-order valence-corrected chi connectivity index (χ4v) is 3.66. The van der Waals surface area contributed by atoms with Crippen LogP contribution >= 0.6 is 0 Å². The van der Waals surface area contributed by atoms with E-state index in [-0.39, 0.29) is 10.9 Å². The topological polar surface area (TPSA) is 79.6 Å². The van der Waals surface area contributed by atoms with Crippen LogP contribution in [0.5, 0.6) is 0 Å². The third-order valence-electron chi connectivity index (χ3n) is 4.08. The Labute approximate surface area is 137 Å². The van der Waals surface area contributed by atoms with Gasteiger partial charge in [0.2, 0.25) is 16.0 Å². The van der Waals surface area contributed by atoms with Crippen LogP contribution in [0.15, 0.2) is 23.2 Å². The van der Waals surface area contributed by atoms with Gasteiger partial charge in [-0.15, -0.1) is 10.2 Å². The molecular weight excluding hydrogens is 314 g/mol. The summed E-state index contributed by atoms with van der Waals surface area (Å²) < 4.78 is 28.4. The van der Waals surface area contributed by atoms with Crippen molar-refractivity contribution in [2.24, 2.45) is 5.92 Å². The molecule has 23 heavy (non-hydrogen) atoms. The molecule has 0 aliphatic rings. The van der Waals surface area contributed by atoms with Crippen LogP contribution in [0.4, 0.5) is 5.95 Å². The maximum atomic E-state index is 12.7. The number of sulfonamides is 1. The number of nitrogens with zero attached hydrogens (tertiary/aromatic N) is 4. The van der Waals surface area contributed by atoms with Gasteiger partial charge in [-0.2, -0.15) is 4.31 Å². The maximum Gasteiger partial charge on any atom is 0.244 e. The monoisotopic (exact) mass is 339 g/mol. The zero-order chi connectivity index (χ0) is 17.2. The SMILES string of the molecule is CCN(CC)S(=O)(=O)c1ccc2nnc(NC(C)C(C)C)n2c1. The highest BCUT2D eigenvalue weighted by molar-refractivity contribution is 7.89. The van der Waals surface area contributed by atoms with Crippen LogP contribution in [0.1, 0.15) is 34.6 Å². The maximum absolute atomic E-state index is 12.7. The molecule has 128 valence electrons. The van der Waals surface area contributed by atoms with Crippen molar-refractivity contribution in [2.75, 3.05) is 18.4 Å². The van der Waals surface area contributed by atoms with Crippen molar-refractivity contribution in [3.63, 3.8) is 0 Å². The minimum Gasteiger partial charge on any atom is -0.351 e. The molecule has 0 amide bonds. The lowest BCUT2D eigenvalue weighted by atomic mass is 10.1. The second kappa shape index (κ2) is 6.84. The van der Waals surface area contributed by atoms with Crippen molar-refractivity contribution in [2.45, 2.75) is 45.6 Å². The van der Waals surface area contributed by atoms with Crippen molar-refractivity contribution in [1.29, 1.82) is 0 Å². The van der Waals surface area contributed by atoms with Gasteiger partial charge < -0.3 is 5.32 Å². The second-order valence-corrected chi connectivity index (χ2v) is 7.82. The molecule has 0 spiro atoms. The van der Waals surface area contributed by atoms with Crippen molar-refractivity contribution in [3.8, 4) is 0 Å². The number of rotatable bonds is 7. The molecule has 8 heteroatoms. The molecule has 1 unspecified atom stereocenters. The fraction of sp³-hybridized carbons (Fsp3) is 0.600. The van der Waals surface area contributed by atoms with Gasteiger partial charge in [0, 0.05) is 25.3 Å². The predicted molar refractivity (Wildman–Crippen MR) is 91.0 cm³/mol. The van der Waals surface area contributed by atoms with E-state index in [1.807, 2.05) is 13.8 Å². The third-order valence-corrected chi connectivity index (χ3v) is 6.11. The number of pyridine rings is 1. The van der Waals surface area contributed by atoms with E-state index >= 15 is 0 Å². The molecule has 2 heterocycles. The van der Waals surface area contributed by atoms with E-state index in [1.165, 1.54) is 4.31 Å². The molecule has 2 aromatic rings. The summed E-state index contributed by atoms with van der Waals surface area (Å²) in [6.07, 6.45) is 1.58. The quantitative estimate of drug-likeness (QED) is 0.836. The summed E-state index contributed by atoms with van der Waals surface area (Å²) in [7, 11) is -3.50. The average molecular weight is 339 g/mol. The first-order valence-corrected chi connectivity index (χ1v) is 9.36. The number of fused-ring (bicyclic) bond motifs is 1. The molecule has 0 fully saturated rings. The molecule has 0 aliphatic carbocycles. The van der Waals surface area contributed by atoms with Gasteiger partial charge in [0.15, 0.2) is 5.65 Å². The average Bonchev–Trinajstić information content (AvgIpc) is 2.90. The van der Waals surface area contributed by atoms with Gasteiger partial charge in [-0.1, -0.05) is 27.7 Å². The molecule has 0 bridgehead atoms. The molecule has 1 atom stereocenters. The minimum absolute atomic E-state index is 0.199. The van der Waals surface area contributed by atoms with E-state index in [0.717, 1.165) is 0 Å². The van der Waals surface area contributed by atoms with Crippen LogP contribution in [0.25, 0.3) is 5.65 Å². The lowest BCUT2D eigenvalue weighted by Gasteiger charge is -2.19.